The number of ketones is 1. The molecule has 3 heteroatoms. The molecule has 0 amide bonds. The zero-order valence-corrected chi connectivity index (χ0v) is 15.5. The first-order valence-corrected chi connectivity index (χ1v) is 10.4. The van der Waals surface area contributed by atoms with Crippen LogP contribution in [0.1, 0.15) is 63.4 Å². The van der Waals surface area contributed by atoms with Gasteiger partial charge in [-0.2, -0.15) is 0 Å². The van der Waals surface area contributed by atoms with E-state index in [-0.39, 0.29) is 0 Å². The highest BCUT2D eigenvalue weighted by atomic mass is 16.1. The molecule has 1 saturated heterocycles. The number of fused-ring (bicyclic) bond motifs is 1. The summed E-state index contributed by atoms with van der Waals surface area (Å²) < 4.78 is 0. The van der Waals surface area contributed by atoms with Crippen molar-refractivity contribution in [1.29, 1.82) is 0 Å². The Morgan fingerprint density at radius 2 is 1.48 bits per heavy atom. The van der Waals surface area contributed by atoms with Gasteiger partial charge < -0.3 is 9.80 Å². The van der Waals surface area contributed by atoms with E-state index in [1.807, 2.05) is 0 Å². The minimum absolute atomic E-state index is 0.376. The molecule has 2 heterocycles. The molecule has 3 aliphatic rings. The Morgan fingerprint density at radius 1 is 0.800 bits per heavy atom. The van der Waals surface area contributed by atoms with Crippen LogP contribution in [0.3, 0.4) is 0 Å². The zero-order valence-electron chi connectivity index (χ0n) is 15.5. The second kappa shape index (κ2) is 7.90. The number of hydrogen-bond acceptors (Lipinski definition) is 3. The van der Waals surface area contributed by atoms with Gasteiger partial charge in [0.2, 0.25) is 0 Å². The van der Waals surface area contributed by atoms with E-state index in [1.54, 1.807) is 0 Å². The molecule has 1 saturated carbocycles. The van der Waals surface area contributed by atoms with Crippen molar-refractivity contribution in [2.75, 3.05) is 24.5 Å². The summed E-state index contributed by atoms with van der Waals surface area (Å²) in [5, 5.41) is 0. The lowest BCUT2D eigenvalue weighted by Gasteiger charge is -2.44. The quantitative estimate of drug-likeness (QED) is 0.806. The monoisotopic (exact) mass is 340 g/mol. The molecule has 1 aromatic carbocycles. The molecule has 136 valence electrons. The fraction of sp³-hybridized carbons (Fsp3) is 0.682. The third kappa shape index (κ3) is 3.92. The average molecular weight is 341 g/mol. The molecule has 25 heavy (non-hydrogen) atoms. The van der Waals surface area contributed by atoms with Gasteiger partial charge in [-0.15, -0.1) is 0 Å². The summed E-state index contributed by atoms with van der Waals surface area (Å²) in [5.74, 6) is 0.376. The summed E-state index contributed by atoms with van der Waals surface area (Å²) in [4.78, 5) is 17.4. The summed E-state index contributed by atoms with van der Waals surface area (Å²) in [6, 6.07) is 9.87. The second-order valence-electron chi connectivity index (χ2n) is 8.24. The van der Waals surface area contributed by atoms with Crippen LogP contribution in [0.4, 0.5) is 5.69 Å². The Kier molecular flexibility index (Phi) is 5.40. The van der Waals surface area contributed by atoms with Crippen molar-refractivity contribution < 1.29 is 4.79 Å². The third-order valence-corrected chi connectivity index (χ3v) is 6.57. The van der Waals surface area contributed by atoms with Gasteiger partial charge in [-0.1, -0.05) is 50.3 Å². The van der Waals surface area contributed by atoms with Gasteiger partial charge in [0.15, 0.2) is 5.78 Å². The number of nitrogens with zero attached hydrogens (tertiary/aromatic N) is 2. The summed E-state index contributed by atoms with van der Waals surface area (Å²) in [7, 11) is 0. The first-order chi connectivity index (χ1) is 12.3. The fourth-order valence-corrected chi connectivity index (χ4v) is 5.17. The van der Waals surface area contributed by atoms with Gasteiger partial charge in [-0.3, -0.25) is 4.79 Å². The molecule has 0 aromatic heterocycles. The van der Waals surface area contributed by atoms with E-state index in [2.05, 4.69) is 34.1 Å². The topological polar surface area (TPSA) is 23.6 Å². The van der Waals surface area contributed by atoms with Crippen LogP contribution in [-0.4, -0.2) is 42.4 Å². The molecule has 4 rings (SSSR count). The predicted molar refractivity (Wildman–Crippen MR) is 103 cm³/mol. The molecule has 0 radical (unpaired) electrons. The van der Waals surface area contributed by atoms with Crippen LogP contribution in [-0.2, 0) is 11.2 Å². The van der Waals surface area contributed by atoms with Crippen LogP contribution < -0.4 is 4.90 Å². The average Bonchev–Trinajstić information content (AvgIpc) is 2.61. The highest BCUT2D eigenvalue weighted by molar-refractivity contribution is 5.90. The second-order valence-corrected chi connectivity index (χ2v) is 8.24. The molecular weight excluding hydrogens is 308 g/mol. The molecule has 0 atom stereocenters. The number of para-hydroxylation sites is 1. The molecular formula is C22H32N2O. The van der Waals surface area contributed by atoms with E-state index in [0.29, 0.717) is 24.8 Å². The van der Waals surface area contributed by atoms with Crippen LogP contribution in [0.5, 0.6) is 0 Å². The largest absolute Gasteiger partial charge is 0.361 e. The van der Waals surface area contributed by atoms with Gasteiger partial charge in [-0.05, 0) is 37.3 Å². The Hall–Kier alpha value is -1.35. The van der Waals surface area contributed by atoms with Crippen LogP contribution >= 0.6 is 0 Å². The maximum absolute atomic E-state index is 12.2. The number of hydrogen-bond donors (Lipinski definition) is 0. The molecule has 0 bridgehead atoms. The molecule has 3 nitrogen and oxygen atoms in total. The minimum atomic E-state index is 0.376. The van der Waals surface area contributed by atoms with Crippen molar-refractivity contribution in [2.24, 2.45) is 0 Å². The Bertz CT molecular complexity index is 583. The number of benzene rings is 1. The van der Waals surface area contributed by atoms with E-state index in [1.165, 1.54) is 82.1 Å². The van der Waals surface area contributed by atoms with Crippen LogP contribution in [0, 0.1) is 0 Å². The van der Waals surface area contributed by atoms with E-state index in [4.69, 9.17) is 0 Å². The smallest absolute Gasteiger partial charge is 0.156 e. The van der Waals surface area contributed by atoms with Crippen molar-refractivity contribution >= 4 is 11.5 Å². The van der Waals surface area contributed by atoms with Crippen LogP contribution in [0.2, 0.25) is 0 Å². The van der Waals surface area contributed by atoms with Gasteiger partial charge in [-0.25, -0.2) is 0 Å². The lowest BCUT2D eigenvalue weighted by molar-refractivity contribution is -0.117. The van der Waals surface area contributed by atoms with Crippen molar-refractivity contribution in [3.05, 3.63) is 29.8 Å². The molecule has 0 unspecified atom stereocenters. The molecule has 0 N–H and O–H groups in total. The van der Waals surface area contributed by atoms with Gasteiger partial charge in [0.05, 0.1) is 6.54 Å². The van der Waals surface area contributed by atoms with Gasteiger partial charge in [0.25, 0.3) is 0 Å². The number of Topliss-reactive ketones (excluding diaryl/α,β-unsaturated/α-hetero) is 1. The highest BCUT2D eigenvalue weighted by Gasteiger charge is 2.32. The number of carbonyl (C=O) groups is 1. The first-order valence-electron chi connectivity index (χ1n) is 10.4. The van der Waals surface area contributed by atoms with Crippen LogP contribution in [0.25, 0.3) is 0 Å². The lowest BCUT2D eigenvalue weighted by atomic mass is 9.92. The van der Waals surface area contributed by atoms with E-state index in [9.17, 15) is 4.79 Å². The number of piperidine rings is 1. The van der Waals surface area contributed by atoms with E-state index >= 15 is 0 Å². The Morgan fingerprint density at radius 3 is 2.24 bits per heavy atom. The lowest BCUT2D eigenvalue weighted by Crippen LogP contribution is -2.51. The number of rotatable bonds is 2. The summed E-state index contributed by atoms with van der Waals surface area (Å²) >= 11 is 0. The van der Waals surface area contributed by atoms with Crippen LogP contribution in [0.15, 0.2) is 24.3 Å². The summed E-state index contributed by atoms with van der Waals surface area (Å²) in [6.45, 7) is 3.04. The normalized spacial score (nSPS) is 24.6. The Labute approximate surface area is 152 Å². The van der Waals surface area contributed by atoms with Gasteiger partial charge >= 0.3 is 0 Å². The van der Waals surface area contributed by atoms with Gasteiger partial charge in [0.1, 0.15) is 0 Å². The Balaban J connectivity index is 1.39. The zero-order chi connectivity index (χ0) is 17.1. The number of carbonyl (C=O) groups excluding carboxylic acids is 1. The third-order valence-electron chi connectivity index (χ3n) is 6.57. The van der Waals surface area contributed by atoms with Gasteiger partial charge in [0, 0.05) is 37.3 Å². The molecule has 2 aliphatic heterocycles. The van der Waals surface area contributed by atoms with E-state index in [0.717, 1.165) is 6.04 Å². The fourth-order valence-electron chi connectivity index (χ4n) is 5.17. The SMILES string of the molecule is O=C1Cc2ccccc2N(C2CCN(C3CCCCCCC3)CC2)C1. The van der Waals surface area contributed by atoms with Crippen molar-refractivity contribution in [3.8, 4) is 0 Å². The maximum Gasteiger partial charge on any atom is 0.156 e. The molecule has 1 aliphatic carbocycles. The first kappa shape index (κ1) is 17.1. The number of likely N-dealkylation sites (tertiary alicyclic amines) is 1. The highest BCUT2D eigenvalue weighted by Crippen LogP contribution is 2.32. The van der Waals surface area contributed by atoms with Crippen molar-refractivity contribution in [2.45, 2.75) is 76.3 Å². The summed E-state index contributed by atoms with van der Waals surface area (Å²) in [5.41, 5.74) is 2.53. The molecule has 1 aromatic rings. The standard InChI is InChI=1S/C22H32N2O/c25-21-16-18-8-6-7-11-22(18)24(17-21)20-12-14-23(15-13-20)19-9-4-2-1-3-5-10-19/h6-8,11,19-20H,1-5,9-10,12-17H2. The summed E-state index contributed by atoms with van der Waals surface area (Å²) in [6.07, 6.45) is 13.0. The molecule has 2 fully saturated rings. The predicted octanol–water partition coefficient (Wildman–Crippen LogP) is 4.20. The molecule has 0 spiro atoms. The number of anilines is 1. The maximum atomic E-state index is 12.2. The van der Waals surface area contributed by atoms with E-state index < -0.39 is 0 Å². The minimum Gasteiger partial charge on any atom is -0.361 e. The van der Waals surface area contributed by atoms with Crippen molar-refractivity contribution in [3.63, 3.8) is 0 Å². The van der Waals surface area contributed by atoms with Crippen molar-refractivity contribution in [1.82, 2.24) is 4.90 Å².